The van der Waals surface area contributed by atoms with Gasteiger partial charge in [-0.05, 0) is 24.6 Å². The van der Waals surface area contributed by atoms with E-state index in [1.54, 1.807) is 19.3 Å². The molecule has 0 aliphatic heterocycles. The number of nitrogens with zero attached hydrogens (tertiary/aromatic N) is 2. The molecule has 1 heterocycles. The minimum atomic E-state index is -0.805. The van der Waals surface area contributed by atoms with Crippen LogP contribution in [0.3, 0.4) is 0 Å². The van der Waals surface area contributed by atoms with Gasteiger partial charge in [-0.25, -0.2) is 9.97 Å². The molecule has 5 heteroatoms. The number of hydrogen-bond acceptors (Lipinski definition) is 4. The van der Waals surface area contributed by atoms with E-state index in [2.05, 4.69) is 9.97 Å². The summed E-state index contributed by atoms with van der Waals surface area (Å²) in [6.07, 6.45) is 4.98. The van der Waals surface area contributed by atoms with Crippen LogP contribution in [-0.4, -0.2) is 26.3 Å². The van der Waals surface area contributed by atoms with Gasteiger partial charge in [0.25, 0.3) is 0 Å². The van der Waals surface area contributed by atoms with Crippen molar-refractivity contribution in [2.24, 2.45) is 0 Å². The lowest BCUT2D eigenvalue weighted by Crippen LogP contribution is -2.10. The summed E-state index contributed by atoms with van der Waals surface area (Å²) in [6, 6.07) is 7.70. The van der Waals surface area contributed by atoms with Crippen LogP contribution in [0.2, 0.25) is 0 Å². The zero-order chi connectivity index (χ0) is 13.0. The Kier molecular flexibility index (Phi) is 3.94. The van der Waals surface area contributed by atoms with Crippen LogP contribution >= 0.6 is 11.8 Å². The Hall–Kier alpha value is -1.88. The number of thioether (sulfide) groups is 1. The molecular weight excluding hydrogens is 248 g/mol. The first-order chi connectivity index (χ1) is 8.66. The van der Waals surface area contributed by atoms with Crippen LogP contribution in [0.5, 0.6) is 0 Å². The van der Waals surface area contributed by atoms with Crippen molar-refractivity contribution in [3.8, 4) is 11.1 Å². The van der Waals surface area contributed by atoms with Gasteiger partial charge in [0.05, 0.1) is 0 Å². The zero-order valence-electron chi connectivity index (χ0n) is 9.78. The van der Waals surface area contributed by atoms with Gasteiger partial charge in [0, 0.05) is 22.9 Å². The third kappa shape index (κ3) is 3.07. The van der Waals surface area contributed by atoms with Gasteiger partial charge in [-0.15, -0.1) is 11.8 Å². The summed E-state index contributed by atoms with van der Waals surface area (Å²) < 4.78 is 0. The molecule has 0 saturated heterocycles. The van der Waals surface area contributed by atoms with Gasteiger partial charge in [-0.2, -0.15) is 0 Å². The van der Waals surface area contributed by atoms with Crippen molar-refractivity contribution in [3.05, 3.63) is 43.0 Å². The van der Waals surface area contributed by atoms with Gasteiger partial charge >= 0.3 is 5.97 Å². The molecule has 2 aromatic rings. The smallest absolute Gasteiger partial charge is 0.316 e. The zero-order valence-corrected chi connectivity index (χ0v) is 10.6. The second-order valence-corrected chi connectivity index (χ2v) is 5.16. The van der Waals surface area contributed by atoms with Crippen LogP contribution in [0.15, 0.2) is 47.9 Å². The van der Waals surface area contributed by atoms with Crippen molar-refractivity contribution in [3.63, 3.8) is 0 Å². The molecule has 2 rings (SSSR count). The average Bonchev–Trinajstić information content (AvgIpc) is 2.40. The Morgan fingerprint density at radius 1 is 1.17 bits per heavy atom. The minimum Gasteiger partial charge on any atom is -0.480 e. The second kappa shape index (κ2) is 5.64. The van der Waals surface area contributed by atoms with Crippen LogP contribution in [0.25, 0.3) is 11.1 Å². The summed E-state index contributed by atoms with van der Waals surface area (Å²) in [5.41, 5.74) is 1.96. The van der Waals surface area contributed by atoms with Gasteiger partial charge < -0.3 is 5.11 Å². The number of carbonyl (C=O) groups is 1. The summed E-state index contributed by atoms with van der Waals surface area (Å²) in [5.74, 6) is -0.805. The SMILES string of the molecule is CC(Sc1ccc(-c2cncnc2)cc1)C(=O)O. The maximum absolute atomic E-state index is 10.8. The van der Waals surface area contributed by atoms with Crippen molar-refractivity contribution in [1.29, 1.82) is 0 Å². The third-order valence-electron chi connectivity index (χ3n) is 2.41. The largest absolute Gasteiger partial charge is 0.480 e. The van der Waals surface area contributed by atoms with E-state index in [1.165, 1.54) is 18.1 Å². The fourth-order valence-electron chi connectivity index (χ4n) is 1.43. The first kappa shape index (κ1) is 12.6. The van der Waals surface area contributed by atoms with E-state index in [0.717, 1.165) is 16.0 Å². The lowest BCUT2D eigenvalue weighted by atomic mass is 10.1. The highest BCUT2D eigenvalue weighted by molar-refractivity contribution is 8.00. The first-order valence-corrected chi connectivity index (χ1v) is 6.29. The number of hydrogen-bond donors (Lipinski definition) is 1. The molecular formula is C13H12N2O2S. The maximum atomic E-state index is 10.8. The highest BCUT2D eigenvalue weighted by Crippen LogP contribution is 2.26. The van der Waals surface area contributed by atoms with Crippen LogP contribution in [0.1, 0.15) is 6.92 Å². The van der Waals surface area contributed by atoms with Crippen molar-refractivity contribution < 1.29 is 9.90 Å². The molecule has 1 unspecified atom stereocenters. The molecule has 0 saturated carbocycles. The molecule has 0 spiro atoms. The van der Waals surface area contributed by atoms with E-state index in [9.17, 15) is 4.79 Å². The molecule has 1 atom stereocenters. The number of benzene rings is 1. The van der Waals surface area contributed by atoms with Crippen molar-refractivity contribution in [2.75, 3.05) is 0 Å². The molecule has 1 aromatic heterocycles. The summed E-state index contributed by atoms with van der Waals surface area (Å²) in [5, 5.41) is 8.39. The molecule has 0 aliphatic rings. The predicted molar refractivity (Wildman–Crippen MR) is 70.4 cm³/mol. The van der Waals surface area contributed by atoms with E-state index in [-0.39, 0.29) is 0 Å². The van der Waals surface area contributed by atoms with Gasteiger partial charge in [0.2, 0.25) is 0 Å². The molecule has 1 aromatic carbocycles. The standard InChI is InChI=1S/C13H12N2O2S/c1-9(13(16)17)18-12-4-2-10(3-5-12)11-6-14-8-15-7-11/h2-9H,1H3,(H,16,17). The fraction of sp³-hybridized carbons (Fsp3) is 0.154. The second-order valence-electron chi connectivity index (χ2n) is 3.75. The highest BCUT2D eigenvalue weighted by Gasteiger charge is 2.12. The molecule has 4 nitrogen and oxygen atoms in total. The van der Waals surface area contributed by atoms with E-state index >= 15 is 0 Å². The Bertz CT molecular complexity index is 528. The van der Waals surface area contributed by atoms with Gasteiger partial charge in [-0.3, -0.25) is 4.79 Å². The quantitative estimate of drug-likeness (QED) is 0.856. The summed E-state index contributed by atoms with van der Waals surface area (Å²) in [4.78, 5) is 19.6. The van der Waals surface area contributed by atoms with Crippen molar-refractivity contribution >= 4 is 17.7 Å². The molecule has 0 bridgehead atoms. The Balaban J connectivity index is 2.13. The molecule has 0 fully saturated rings. The van der Waals surface area contributed by atoms with Gasteiger partial charge in [-0.1, -0.05) is 12.1 Å². The van der Waals surface area contributed by atoms with E-state index in [4.69, 9.17) is 5.11 Å². The molecule has 0 aliphatic carbocycles. The number of aliphatic carboxylic acids is 1. The first-order valence-electron chi connectivity index (χ1n) is 5.42. The monoisotopic (exact) mass is 260 g/mol. The molecule has 1 N–H and O–H groups in total. The molecule has 0 amide bonds. The van der Waals surface area contributed by atoms with Crippen LogP contribution in [0, 0.1) is 0 Å². The summed E-state index contributed by atoms with van der Waals surface area (Å²) in [6.45, 7) is 1.67. The number of aromatic nitrogens is 2. The van der Waals surface area contributed by atoms with Crippen molar-refractivity contribution in [1.82, 2.24) is 9.97 Å². The van der Waals surface area contributed by atoms with Gasteiger partial charge in [0.15, 0.2) is 0 Å². The van der Waals surface area contributed by atoms with E-state index in [1.807, 2.05) is 24.3 Å². The lowest BCUT2D eigenvalue weighted by molar-refractivity contribution is -0.136. The number of rotatable bonds is 4. The normalized spacial score (nSPS) is 12.1. The van der Waals surface area contributed by atoms with Crippen LogP contribution < -0.4 is 0 Å². The van der Waals surface area contributed by atoms with E-state index in [0.29, 0.717) is 0 Å². The molecule has 18 heavy (non-hydrogen) atoms. The van der Waals surface area contributed by atoms with Crippen molar-refractivity contribution in [2.45, 2.75) is 17.1 Å². The average molecular weight is 260 g/mol. The third-order valence-corrected chi connectivity index (χ3v) is 3.51. The Labute approximate surface area is 109 Å². The molecule has 0 radical (unpaired) electrons. The summed E-state index contributed by atoms with van der Waals surface area (Å²) in [7, 11) is 0. The summed E-state index contributed by atoms with van der Waals surface area (Å²) >= 11 is 1.32. The minimum absolute atomic E-state index is 0.448. The Morgan fingerprint density at radius 3 is 2.33 bits per heavy atom. The van der Waals surface area contributed by atoms with Crippen LogP contribution in [-0.2, 0) is 4.79 Å². The predicted octanol–water partition coefficient (Wildman–Crippen LogP) is 2.71. The van der Waals surface area contributed by atoms with Gasteiger partial charge in [0.1, 0.15) is 11.6 Å². The van der Waals surface area contributed by atoms with E-state index < -0.39 is 11.2 Å². The lowest BCUT2D eigenvalue weighted by Gasteiger charge is -2.06. The number of carboxylic acids is 1. The maximum Gasteiger partial charge on any atom is 0.316 e. The highest BCUT2D eigenvalue weighted by atomic mass is 32.2. The number of carboxylic acid groups (broad SMARTS) is 1. The fourth-order valence-corrected chi connectivity index (χ4v) is 2.23. The van der Waals surface area contributed by atoms with Crippen LogP contribution in [0.4, 0.5) is 0 Å². The molecule has 92 valence electrons. The Morgan fingerprint density at radius 2 is 1.78 bits per heavy atom. The topological polar surface area (TPSA) is 63.1 Å².